The molecule has 1 atom stereocenters. The molecule has 1 unspecified atom stereocenters. The second kappa shape index (κ2) is 5.95. The van der Waals surface area contributed by atoms with Crippen LogP contribution in [0.15, 0.2) is 18.2 Å². The number of para-hydroxylation sites is 1. The van der Waals surface area contributed by atoms with Crippen LogP contribution < -0.4 is 10.5 Å². The van der Waals surface area contributed by atoms with Crippen LogP contribution in [0.2, 0.25) is 0 Å². The summed E-state index contributed by atoms with van der Waals surface area (Å²) < 4.78 is 5.27. The van der Waals surface area contributed by atoms with Crippen LogP contribution in [0.3, 0.4) is 0 Å². The number of ether oxygens (including phenoxy) is 1. The fourth-order valence-corrected chi connectivity index (χ4v) is 2.70. The van der Waals surface area contributed by atoms with Gasteiger partial charge in [0, 0.05) is 13.1 Å². The molecule has 19 heavy (non-hydrogen) atoms. The van der Waals surface area contributed by atoms with Crippen molar-refractivity contribution < 1.29 is 9.53 Å². The Morgan fingerprint density at radius 1 is 1.53 bits per heavy atom. The van der Waals surface area contributed by atoms with E-state index in [1.165, 1.54) is 6.42 Å². The lowest BCUT2D eigenvalue weighted by Crippen LogP contribution is -2.39. The zero-order valence-electron chi connectivity index (χ0n) is 11.7. The molecule has 0 spiro atoms. The SMILES string of the molecule is CCC1CCCN(C(=O)c2cccc(N)c2OC)C1. The van der Waals surface area contributed by atoms with E-state index in [-0.39, 0.29) is 5.91 Å². The maximum atomic E-state index is 12.6. The number of carbonyl (C=O) groups excluding carboxylic acids is 1. The highest BCUT2D eigenvalue weighted by molar-refractivity contribution is 5.98. The van der Waals surface area contributed by atoms with E-state index < -0.39 is 0 Å². The smallest absolute Gasteiger partial charge is 0.257 e. The number of piperidine rings is 1. The van der Waals surface area contributed by atoms with Crippen LogP contribution >= 0.6 is 0 Å². The van der Waals surface area contributed by atoms with Gasteiger partial charge >= 0.3 is 0 Å². The second-order valence-electron chi connectivity index (χ2n) is 5.10. The molecule has 0 aromatic heterocycles. The highest BCUT2D eigenvalue weighted by atomic mass is 16.5. The lowest BCUT2D eigenvalue weighted by atomic mass is 9.95. The molecule has 0 radical (unpaired) electrons. The molecule has 4 heteroatoms. The lowest BCUT2D eigenvalue weighted by Gasteiger charge is -2.32. The van der Waals surface area contributed by atoms with Crippen molar-refractivity contribution in [1.82, 2.24) is 4.90 Å². The van der Waals surface area contributed by atoms with Crippen molar-refractivity contribution in [3.8, 4) is 5.75 Å². The predicted molar refractivity (Wildman–Crippen MR) is 76.3 cm³/mol. The molecule has 1 fully saturated rings. The lowest BCUT2D eigenvalue weighted by molar-refractivity contribution is 0.0668. The van der Waals surface area contributed by atoms with Crippen LogP contribution in [-0.4, -0.2) is 31.0 Å². The maximum Gasteiger partial charge on any atom is 0.257 e. The summed E-state index contributed by atoms with van der Waals surface area (Å²) in [5.41, 5.74) is 6.94. The number of methoxy groups -OCH3 is 1. The van der Waals surface area contributed by atoms with Crippen LogP contribution in [0.5, 0.6) is 5.75 Å². The van der Waals surface area contributed by atoms with Gasteiger partial charge in [0.05, 0.1) is 18.4 Å². The van der Waals surface area contributed by atoms with Gasteiger partial charge < -0.3 is 15.4 Å². The summed E-state index contributed by atoms with van der Waals surface area (Å²) in [4.78, 5) is 14.5. The van der Waals surface area contributed by atoms with E-state index in [0.29, 0.717) is 22.9 Å². The number of hydrogen-bond acceptors (Lipinski definition) is 3. The van der Waals surface area contributed by atoms with Gasteiger partial charge in [-0.3, -0.25) is 4.79 Å². The normalized spacial score (nSPS) is 19.3. The third-order valence-electron chi connectivity index (χ3n) is 3.86. The van der Waals surface area contributed by atoms with E-state index >= 15 is 0 Å². The largest absolute Gasteiger partial charge is 0.494 e. The summed E-state index contributed by atoms with van der Waals surface area (Å²) in [6.45, 7) is 3.85. The van der Waals surface area contributed by atoms with Gasteiger partial charge in [0.15, 0.2) is 5.75 Å². The molecule has 2 N–H and O–H groups in total. The highest BCUT2D eigenvalue weighted by Crippen LogP contribution is 2.29. The summed E-state index contributed by atoms with van der Waals surface area (Å²) in [5.74, 6) is 1.14. The minimum absolute atomic E-state index is 0.0299. The number of likely N-dealkylation sites (tertiary alicyclic amines) is 1. The average Bonchev–Trinajstić information content (AvgIpc) is 2.46. The molecule has 2 rings (SSSR count). The summed E-state index contributed by atoms with van der Waals surface area (Å²) >= 11 is 0. The van der Waals surface area contributed by atoms with Crippen LogP contribution in [0.4, 0.5) is 5.69 Å². The summed E-state index contributed by atoms with van der Waals surface area (Å²) in [6, 6.07) is 5.33. The van der Waals surface area contributed by atoms with Gasteiger partial charge in [0.1, 0.15) is 0 Å². The van der Waals surface area contributed by atoms with Gasteiger partial charge in [0.25, 0.3) is 5.91 Å². The fraction of sp³-hybridized carbons (Fsp3) is 0.533. The number of anilines is 1. The van der Waals surface area contributed by atoms with E-state index in [1.807, 2.05) is 4.90 Å². The van der Waals surface area contributed by atoms with Crippen LogP contribution in [-0.2, 0) is 0 Å². The quantitative estimate of drug-likeness (QED) is 0.852. The first-order valence-corrected chi connectivity index (χ1v) is 6.89. The Morgan fingerprint density at radius 2 is 2.32 bits per heavy atom. The van der Waals surface area contributed by atoms with E-state index in [2.05, 4.69) is 6.92 Å². The zero-order valence-corrected chi connectivity index (χ0v) is 11.7. The Kier molecular flexibility index (Phi) is 4.30. The van der Waals surface area contributed by atoms with Crippen molar-refractivity contribution in [2.45, 2.75) is 26.2 Å². The standard InChI is InChI=1S/C15H22N2O2/c1-3-11-6-5-9-17(10-11)15(18)12-7-4-8-13(16)14(12)19-2/h4,7-8,11H,3,5-6,9-10,16H2,1-2H3. The van der Waals surface area contributed by atoms with Crippen molar-refractivity contribution in [3.05, 3.63) is 23.8 Å². The van der Waals surface area contributed by atoms with Gasteiger partial charge in [-0.05, 0) is 30.9 Å². The van der Waals surface area contributed by atoms with Gasteiger partial charge in [-0.25, -0.2) is 0 Å². The van der Waals surface area contributed by atoms with Crippen molar-refractivity contribution >= 4 is 11.6 Å². The van der Waals surface area contributed by atoms with Gasteiger partial charge in [-0.15, -0.1) is 0 Å². The molecule has 104 valence electrons. The van der Waals surface area contributed by atoms with Crippen LogP contribution in [0, 0.1) is 5.92 Å². The minimum Gasteiger partial charge on any atom is -0.494 e. The summed E-state index contributed by atoms with van der Waals surface area (Å²) in [6.07, 6.45) is 3.42. The molecule has 0 bridgehead atoms. The topological polar surface area (TPSA) is 55.6 Å². The molecule has 4 nitrogen and oxygen atoms in total. The number of nitrogens with zero attached hydrogens (tertiary/aromatic N) is 1. The van der Waals surface area contributed by atoms with Gasteiger partial charge in [-0.2, -0.15) is 0 Å². The van der Waals surface area contributed by atoms with Gasteiger partial charge in [0.2, 0.25) is 0 Å². The number of carbonyl (C=O) groups is 1. The average molecular weight is 262 g/mol. The highest BCUT2D eigenvalue weighted by Gasteiger charge is 2.25. The number of amides is 1. The van der Waals surface area contributed by atoms with Crippen molar-refractivity contribution in [2.75, 3.05) is 25.9 Å². The van der Waals surface area contributed by atoms with E-state index in [4.69, 9.17) is 10.5 Å². The molecule has 1 amide bonds. The van der Waals surface area contributed by atoms with E-state index in [9.17, 15) is 4.79 Å². The number of hydrogen-bond donors (Lipinski definition) is 1. The molecule has 0 saturated carbocycles. The predicted octanol–water partition coefficient (Wildman–Crippen LogP) is 2.54. The van der Waals surface area contributed by atoms with Crippen molar-refractivity contribution in [3.63, 3.8) is 0 Å². The minimum atomic E-state index is 0.0299. The Labute approximate surface area is 114 Å². The second-order valence-corrected chi connectivity index (χ2v) is 5.10. The Balaban J connectivity index is 2.22. The number of nitrogens with two attached hydrogens (primary N) is 1. The van der Waals surface area contributed by atoms with Crippen molar-refractivity contribution in [2.24, 2.45) is 5.92 Å². The Hall–Kier alpha value is -1.71. The van der Waals surface area contributed by atoms with E-state index in [0.717, 1.165) is 25.9 Å². The maximum absolute atomic E-state index is 12.6. The Bertz CT molecular complexity index is 459. The summed E-state index contributed by atoms with van der Waals surface area (Å²) in [5, 5.41) is 0. The molecular formula is C15H22N2O2. The first-order valence-electron chi connectivity index (χ1n) is 6.89. The molecule has 1 aliphatic heterocycles. The zero-order chi connectivity index (χ0) is 13.8. The molecule has 1 heterocycles. The third kappa shape index (κ3) is 2.83. The molecule has 1 aromatic carbocycles. The third-order valence-corrected chi connectivity index (χ3v) is 3.86. The molecule has 1 aliphatic rings. The molecule has 1 aromatic rings. The Morgan fingerprint density at radius 3 is 3.00 bits per heavy atom. The molecular weight excluding hydrogens is 240 g/mol. The number of rotatable bonds is 3. The van der Waals surface area contributed by atoms with Crippen molar-refractivity contribution in [1.29, 1.82) is 0 Å². The van der Waals surface area contributed by atoms with E-state index in [1.54, 1.807) is 25.3 Å². The first-order chi connectivity index (χ1) is 9.17. The number of benzene rings is 1. The monoisotopic (exact) mass is 262 g/mol. The number of nitrogen functional groups attached to an aromatic ring is 1. The summed E-state index contributed by atoms with van der Waals surface area (Å²) in [7, 11) is 1.55. The first kappa shape index (κ1) is 13.7. The molecule has 0 aliphatic carbocycles. The van der Waals surface area contributed by atoms with Gasteiger partial charge in [-0.1, -0.05) is 19.4 Å². The fourth-order valence-electron chi connectivity index (χ4n) is 2.70. The van der Waals surface area contributed by atoms with Crippen LogP contribution in [0.25, 0.3) is 0 Å². The van der Waals surface area contributed by atoms with Crippen LogP contribution in [0.1, 0.15) is 36.5 Å². The molecule has 1 saturated heterocycles.